The van der Waals surface area contributed by atoms with Crippen LogP contribution in [0.1, 0.15) is 38.8 Å². The van der Waals surface area contributed by atoms with Gasteiger partial charge in [-0.1, -0.05) is 38.1 Å². The molecular formula is C21H24N2Na2O9S3. The van der Waals surface area contributed by atoms with Gasteiger partial charge in [0.2, 0.25) is 15.9 Å². The van der Waals surface area contributed by atoms with Crippen LogP contribution in [0.5, 0.6) is 0 Å². The molecule has 0 spiro atoms. The van der Waals surface area contributed by atoms with E-state index in [-0.39, 0.29) is 81.6 Å². The molecule has 0 saturated carbocycles. The van der Waals surface area contributed by atoms with E-state index in [9.17, 15) is 39.2 Å². The van der Waals surface area contributed by atoms with Crippen LogP contribution in [0.3, 0.4) is 0 Å². The van der Waals surface area contributed by atoms with Gasteiger partial charge in [0.1, 0.15) is 20.2 Å². The molecule has 0 fully saturated rings. The number of sulfonamides is 1. The van der Waals surface area contributed by atoms with E-state index in [4.69, 9.17) is 0 Å². The van der Waals surface area contributed by atoms with Crippen LogP contribution in [-0.2, 0) is 35.1 Å². The number of nitrogens with one attached hydrogen (secondary N) is 2. The van der Waals surface area contributed by atoms with E-state index in [1.165, 1.54) is 32.0 Å². The predicted octanol–water partition coefficient (Wildman–Crippen LogP) is -3.58. The second-order valence-electron chi connectivity index (χ2n) is 8.09. The fourth-order valence-corrected chi connectivity index (χ4v) is 4.75. The number of hydrogen-bond donors (Lipinski definition) is 2. The summed E-state index contributed by atoms with van der Waals surface area (Å²) in [5, 5.41) is 1.65. The number of rotatable bonds is 9. The molecule has 0 atom stereocenters. The van der Waals surface area contributed by atoms with Crippen LogP contribution in [0.15, 0.2) is 46.2 Å². The largest absolute Gasteiger partial charge is 1.00 e. The Hall–Kier alpha value is -0.780. The zero-order chi connectivity index (χ0) is 26.8. The second-order valence-corrected chi connectivity index (χ2v) is 13.0. The first-order valence-corrected chi connectivity index (χ1v) is 14.5. The molecule has 2 aromatic carbocycles. The molecule has 0 aliphatic rings. The monoisotopic (exact) mass is 590 g/mol. The van der Waals surface area contributed by atoms with Crippen LogP contribution in [0, 0.1) is 5.92 Å². The van der Waals surface area contributed by atoms with E-state index in [0.29, 0.717) is 0 Å². The van der Waals surface area contributed by atoms with Crippen LogP contribution >= 0.6 is 0 Å². The van der Waals surface area contributed by atoms with Crippen molar-refractivity contribution in [2.75, 3.05) is 10.0 Å². The molecule has 37 heavy (non-hydrogen) atoms. The Labute approximate surface area is 261 Å². The molecule has 0 saturated heterocycles. The number of carbonyl (C=O) groups excluding carboxylic acids is 1. The molecule has 0 bridgehead atoms. The molecule has 0 aromatic heterocycles. The molecule has 11 nitrogen and oxygen atoms in total. The fraction of sp³-hybridized carbons (Fsp3) is 0.286. The average molecular weight is 591 g/mol. The van der Waals surface area contributed by atoms with Gasteiger partial charge in [-0.15, -0.1) is 0 Å². The van der Waals surface area contributed by atoms with Crippen molar-refractivity contribution in [2.45, 2.75) is 42.7 Å². The maximum absolute atomic E-state index is 12.1. The van der Waals surface area contributed by atoms with Gasteiger partial charge in [0.15, 0.2) is 0 Å². The molecule has 0 aliphatic carbocycles. The maximum Gasteiger partial charge on any atom is 1.00 e. The SMILES string of the molecule is CC(C)C(=O)Nc1ccc(C=Cc2ccc(NS(=O)(=O)C(C)C)cc2S(=O)(=O)[O-])c(S(=O)(=O)[O-])c1.[Na+].[Na+]. The minimum atomic E-state index is -5.07. The average Bonchev–Trinajstić information content (AvgIpc) is 2.71. The fourth-order valence-electron chi connectivity index (χ4n) is 2.67. The number of carbonyl (C=O) groups is 1. The van der Waals surface area contributed by atoms with Gasteiger partial charge in [0.05, 0.1) is 15.0 Å². The van der Waals surface area contributed by atoms with Crippen molar-refractivity contribution in [3.8, 4) is 0 Å². The molecule has 1 amide bonds. The summed E-state index contributed by atoms with van der Waals surface area (Å²) in [6.07, 6.45) is 2.21. The Balaban J connectivity index is 0.00000648. The van der Waals surface area contributed by atoms with E-state index >= 15 is 0 Å². The Bertz CT molecular complexity index is 1490. The van der Waals surface area contributed by atoms with Gasteiger partial charge in [-0.3, -0.25) is 9.52 Å². The first-order valence-electron chi connectivity index (χ1n) is 10.1. The molecule has 2 N–H and O–H groups in total. The van der Waals surface area contributed by atoms with Crippen LogP contribution in [0.4, 0.5) is 11.4 Å². The summed E-state index contributed by atoms with van der Waals surface area (Å²) in [5.41, 5.74) is -0.376. The third-order valence-electron chi connectivity index (χ3n) is 4.68. The minimum Gasteiger partial charge on any atom is -0.744 e. The summed E-state index contributed by atoms with van der Waals surface area (Å²) in [6.45, 7) is 6.06. The number of anilines is 2. The van der Waals surface area contributed by atoms with Crippen molar-refractivity contribution in [2.24, 2.45) is 5.92 Å². The van der Waals surface area contributed by atoms with Gasteiger partial charge >= 0.3 is 59.1 Å². The number of amides is 1. The standard InChI is InChI=1S/C21H26N2O9S3.2Na/c1-13(2)21(24)22-17-9-7-15(19(11-17)34(27,28)29)5-6-16-8-10-18(12-20(16)35(30,31)32)23-33(25,26)14(3)4;;/h5-14,23H,1-4H3,(H,22,24)(H,27,28,29)(H,30,31,32);;/q;2*+1/p-2. The summed E-state index contributed by atoms with van der Waals surface area (Å²) < 4.78 is 97.0. The Morgan fingerprint density at radius 1 is 0.757 bits per heavy atom. The Morgan fingerprint density at radius 3 is 1.54 bits per heavy atom. The van der Waals surface area contributed by atoms with E-state index in [0.717, 1.165) is 30.4 Å². The predicted molar refractivity (Wildman–Crippen MR) is 129 cm³/mol. The zero-order valence-corrected chi connectivity index (χ0v) is 27.6. The molecule has 16 heteroatoms. The van der Waals surface area contributed by atoms with E-state index in [2.05, 4.69) is 10.0 Å². The Morgan fingerprint density at radius 2 is 1.16 bits per heavy atom. The number of hydrogen-bond acceptors (Lipinski definition) is 9. The van der Waals surface area contributed by atoms with Gasteiger partial charge in [-0.2, -0.15) is 0 Å². The maximum atomic E-state index is 12.1. The third kappa shape index (κ3) is 10.4. The summed E-state index contributed by atoms with van der Waals surface area (Å²) in [7, 11) is -13.9. The van der Waals surface area contributed by atoms with E-state index in [1.807, 2.05) is 0 Å². The molecule has 192 valence electrons. The van der Waals surface area contributed by atoms with Crippen molar-refractivity contribution in [3.05, 3.63) is 47.5 Å². The van der Waals surface area contributed by atoms with Crippen LogP contribution in [0.2, 0.25) is 0 Å². The summed E-state index contributed by atoms with van der Waals surface area (Å²) in [6, 6.07) is 6.78. The van der Waals surface area contributed by atoms with Gasteiger partial charge in [-0.05, 0) is 49.2 Å². The topological polar surface area (TPSA) is 190 Å². The summed E-state index contributed by atoms with van der Waals surface area (Å²) >= 11 is 0. The quantitative estimate of drug-likeness (QED) is 0.169. The van der Waals surface area contributed by atoms with Gasteiger partial charge in [-0.25, -0.2) is 25.3 Å². The molecule has 2 aromatic rings. The van der Waals surface area contributed by atoms with Crippen LogP contribution in [-0.4, -0.2) is 45.5 Å². The zero-order valence-electron chi connectivity index (χ0n) is 21.2. The van der Waals surface area contributed by atoms with Crippen molar-refractivity contribution >= 4 is 59.7 Å². The molecule has 2 rings (SSSR count). The smallest absolute Gasteiger partial charge is 0.744 e. The molecule has 0 aliphatic heterocycles. The molecule has 0 heterocycles. The van der Waals surface area contributed by atoms with Crippen molar-refractivity contribution in [1.29, 1.82) is 0 Å². The van der Waals surface area contributed by atoms with E-state index in [1.54, 1.807) is 13.8 Å². The summed E-state index contributed by atoms with van der Waals surface area (Å²) in [4.78, 5) is 10.4. The van der Waals surface area contributed by atoms with Crippen molar-refractivity contribution in [3.63, 3.8) is 0 Å². The van der Waals surface area contributed by atoms with Gasteiger partial charge < -0.3 is 14.4 Å². The normalized spacial score (nSPS) is 12.2. The van der Waals surface area contributed by atoms with Gasteiger partial charge in [0.25, 0.3) is 0 Å². The van der Waals surface area contributed by atoms with Crippen molar-refractivity contribution < 1.29 is 98.3 Å². The van der Waals surface area contributed by atoms with Crippen LogP contribution in [0.25, 0.3) is 12.2 Å². The minimum absolute atomic E-state index is 0. The number of benzene rings is 2. The Kier molecular flexibility index (Phi) is 13.7. The molecule has 0 radical (unpaired) electrons. The third-order valence-corrected chi connectivity index (χ3v) is 8.23. The second kappa shape index (κ2) is 14.0. The molecule has 0 unspecified atom stereocenters. The van der Waals surface area contributed by atoms with E-state index < -0.39 is 57.1 Å². The summed E-state index contributed by atoms with van der Waals surface area (Å²) in [5.74, 6) is -0.802. The molecular weight excluding hydrogens is 566 g/mol. The first-order chi connectivity index (χ1) is 15.9. The van der Waals surface area contributed by atoms with Crippen LogP contribution < -0.4 is 69.2 Å². The van der Waals surface area contributed by atoms with Crippen molar-refractivity contribution in [1.82, 2.24) is 0 Å². The van der Waals surface area contributed by atoms with Gasteiger partial charge in [0, 0.05) is 17.3 Å². The first kappa shape index (κ1) is 36.2.